The summed E-state index contributed by atoms with van der Waals surface area (Å²) in [6.45, 7) is 3.16. The van der Waals surface area contributed by atoms with Gasteiger partial charge < -0.3 is 9.30 Å². The summed E-state index contributed by atoms with van der Waals surface area (Å²) in [5, 5.41) is 0. The molecule has 0 bridgehead atoms. The smallest absolute Gasteiger partial charge is 0.185 e. The first-order chi connectivity index (χ1) is 14.2. The van der Waals surface area contributed by atoms with E-state index in [9.17, 15) is 4.79 Å². The van der Waals surface area contributed by atoms with E-state index < -0.39 is 0 Å². The summed E-state index contributed by atoms with van der Waals surface area (Å²) < 4.78 is 7.53. The molecule has 148 valence electrons. The highest BCUT2D eigenvalue weighted by Gasteiger charge is 2.14. The third-order valence-electron chi connectivity index (χ3n) is 5.36. The average Bonchev–Trinajstić information content (AvgIpc) is 3.47. The summed E-state index contributed by atoms with van der Waals surface area (Å²) in [5.41, 5.74) is 3.83. The number of ketones is 1. The van der Waals surface area contributed by atoms with E-state index in [0.29, 0.717) is 5.56 Å². The van der Waals surface area contributed by atoms with Gasteiger partial charge in [0.2, 0.25) is 0 Å². The predicted octanol–water partition coefficient (Wildman–Crippen LogP) is 4.98. The van der Waals surface area contributed by atoms with Gasteiger partial charge in [-0.05, 0) is 74.0 Å². The zero-order chi connectivity index (χ0) is 20.1. The number of carbonyl (C=O) groups is 1. The van der Waals surface area contributed by atoms with E-state index in [-0.39, 0.29) is 5.78 Å². The SMILES string of the molecule is COc1ccc(/C=C/C(=O)c2cccc(-n3cccc3)c2)cc1CN1CCCC1. The average molecular weight is 386 g/mol. The molecular weight excluding hydrogens is 360 g/mol. The number of likely N-dealkylation sites (tertiary alicyclic amines) is 1. The molecule has 2 aromatic carbocycles. The minimum absolute atomic E-state index is 0.00378. The monoisotopic (exact) mass is 386 g/mol. The van der Waals surface area contributed by atoms with Crippen LogP contribution < -0.4 is 4.74 Å². The molecule has 0 unspecified atom stereocenters. The van der Waals surface area contributed by atoms with Gasteiger partial charge in [-0.1, -0.05) is 24.3 Å². The van der Waals surface area contributed by atoms with Crippen LogP contribution in [0.2, 0.25) is 0 Å². The standard InChI is InChI=1S/C25H26N2O2/c1-29-25-12-10-20(17-22(25)19-26-13-2-3-14-26)9-11-24(28)21-7-6-8-23(18-21)27-15-4-5-16-27/h4-12,15-18H,2-3,13-14,19H2,1H3/b11-9+. The first-order valence-electron chi connectivity index (χ1n) is 10.1. The number of carbonyl (C=O) groups excluding carboxylic acids is 1. The summed E-state index contributed by atoms with van der Waals surface area (Å²) in [7, 11) is 1.71. The third kappa shape index (κ3) is 4.66. The fourth-order valence-electron chi connectivity index (χ4n) is 3.80. The second-order valence-electron chi connectivity index (χ2n) is 7.39. The normalized spacial score (nSPS) is 14.5. The molecule has 0 radical (unpaired) electrons. The zero-order valence-electron chi connectivity index (χ0n) is 16.8. The third-order valence-corrected chi connectivity index (χ3v) is 5.36. The number of allylic oxidation sites excluding steroid dienone is 1. The quantitative estimate of drug-likeness (QED) is 0.424. The Hall–Kier alpha value is -3.11. The van der Waals surface area contributed by atoms with Crippen LogP contribution in [0.4, 0.5) is 0 Å². The lowest BCUT2D eigenvalue weighted by atomic mass is 10.1. The van der Waals surface area contributed by atoms with Crippen molar-refractivity contribution in [1.82, 2.24) is 9.47 Å². The van der Waals surface area contributed by atoms with Crippen molar-refractivity contribution in [2.75, 3.05) is 20.2 Å². The lowest BCUT2D eigenvalue weighted by molar-refractivity contribution is 0.104. The minimum Gasteiger partial charge on any atom is -0.496 e. The molecule has 0 amide bonds. The van der Waals surface area contributed by atoms with Crippen molar-refractivity contribution in [3.8, 4) is 11.4 Å². The Balaban J connectivity index is 1.51. The summed E-state index contributed by atoms with van der Waals surface area (Å²) >= 11 is 0. The molecule has 4 heteroatoms. The molecule has 1 saturated heterocycles. The highest BCUT2D eigenvalue weighted by atomic mass is 16.5. The van der Waals surface area contributed by atoms with E-state index in [1.807, 2.05) is 71.6 Å². The Morgan fingerprint density at radius 3 is 2.59 bits per heavy atom. The number of ether oxygens (including phenoxy) is 1. The molecule has 0 atom stereocenters. The van der Waals surface area contributed by atoms with Crippen LogP contribution in [0.3, 0.4) is 0 Å². The lowest BCUT2D eigenvalue weighted by Gasteiger charge is -2.17. The van der Waals surface area contributed by atoms with Crippen molar-refractivity contribution in [2.24, 2.45) is 0 Å². The van der Waals surface area contributed by atoms with Gasteiger partial charge in [0.05, 0.1) is 7.11 Å². The van der Waals surface area contributed by atoms with Crippen LogP contribution in [-0.2, 0) is 6.54 Å². The van der Waals surface area contributed by atoms with Crippen LogP contribution >= 0.6 is 0 Å². The Morgan fingerprint density at radius 2 is 1.83 bits per heavy atom. The molecule has 1 aliphatic heterocycles. The van der Waals surface area contributed by atoms with Crippen molar-refractivity contribution < 1.29 is 9.53 Å². The van der Waals surface area contributed by atoms with Gasteiger partial charge in [0.1, 0.15) is 5.75 Å². The molecule has 0 spiro atoms. The molecule has 0 aliphatic carbocycles. The molecule has 2 heterocycles. The van der Waals surface area contributed by atoms with Gasteiger partial charge in [0.25, 0.3) is 0 Å². The molecule has 1 fully saturated rings. The number of benzene rings is 2. The van der Waals surface area contributed by atoms with E-state index in [1.54, 1.807) is 13.2 Å². The van der Waals surface area contributed by atoms with Gasteiger partial charge >= 0.3 is 0 Å². The number of nitrogens with zero attached hydrogens (tertiary/aromatic N) is 2. The molecular formula is C25H26N2O2. The Morgan fingerprint density at radius 1 is 1.03 bits per heavy atom. The number of hydrogen-bond acceptors (Lipinski definition) is 3. The summed E-state index contributed by atoms with van der Waals surface area (Å²) in [6, 6.07) is 17.7. The topological polar surface area (TPSA) is 34.5 Å². The molecule has 4 nitrogen and oxygen atoms in total. The first-order valence-corrected chi connectivity index (χ1v) is 10.1. The fraction of sp³-hybridized carbons (Fsp3) is 0.240. The van der Waals surface area contributed by atoms with Crippen molar-refractivity contribution in [3.05, 3.63) is 89.8 Å². The minimum atomic E-state index is -0.00378. The molecule has 0 N–H and O–H groups in total. The van der Waals surface area contributed by atoms with Crippen molar-refractivity contribution in [2.45, 2.75) is 19.4 Å². The molecule has 1 aromatic heterocycles. The summed E-state index contributed by atoms with van der Waals surface area (Å²) in [4.78, 5) is 15.1. The largest absolute Gasteiger partial charge is 0.496 e. The van der Waals surface area contributed by atoms with E-state index >= 15 is 0 Å². The van der Waals surface area contributed by atoms with E-state index in [1.165, 1.54) is 18.4 Å². The van der Waals surface area contributed by atoms with Gasteiger partial charge in [-0.15, -0.1) is 0 Å². The maximum atomic E-state index is 12.7. The van der Waals surface area contributed by atoms with Crippen molar-refractivity contribution >= 4 is 11.9 Å². The molecule has 3 aromatic rings. The van der Waals surface area contributed by atoms with Gasteiger partial charge in [-0.3, -0.25) is 9.69 Å². The lowest BCUT2D eigenvalue weighted by Crippen LogP contribution is -2.18. The molecule has 4 rings (SSSR count). The molecule has 0 saturated carbocycles. The van der Waals surface area contributed by atoms with E-state index in [2.05, 4.69) is 11.0 Å². The van der Waals surface area contributed by atoms with Crippen LogP contribution in [0.25, 0.3) is 11.8 Å². The number of methoxy groups -OCH3 is 1. The zero-order valence-corrected chi connectivity index (χ0v) is 16.8. The van der Waals surface area contributed by atoms with Crippen molar-refractivity contribution in [1.29, 1.82) is 0 Å². The van der Waals surface area contributed by atoms with E-state index in [0.717, 1.165) is 36.6 Å². The van der Waals surface area contributed by atoms with Crippen LogP contribution in [0, 0.1) is 0 Å². The maximum absolute atomic E-state index is 12.7. The number of rotatable bonds is 7. The van der Waals surface area contributed by atoms with Gasteiger partial charge in [0.15, 0.2) is 5.78 Å². The van der Waals surface area contributed by atoms with Crippen LogP contribution in [0.1, 0.15) is 34.3 Å². The molecule has 1 aliphatic rings. The predicted molar refractivity (Wildman–Crippen MR) is 117 cm³/mol. The number of hydrogen-bond donors (Lipinski definition) is 0. The van der Waals surface area contributed by atoms with E-state index in [4.69, 9.17) is 4.74 Å². The van der Waals surface area contributed by atoms with Crippen LogP contribution in [-0.4, -0.2) is 35.4 Å². The highest BCUT2D eigenvalue weighted by Crippen LogP contribution is 2.24. The van der Waals surface area contributed by atoms with Crippen molar-refractivity contribution in [3.63, 3.8) is 0 Å². The fourth-order valence-corrected chi connectivity index (χ4v) is 3.80. The maximum Gasteiger partial charge on any atom is 0.185 e. The van der Waals surface area contributed by atoms with Crippen LogP contribution in [0.15, 0.2) is 73.1 Å². The first kappa shape index (κ1) is 19.2. The second-order valence-corrected chi connectivity index (χ2v) is 7.39. The van der Waals surface area contributed by atoms with Crippen LogP contribution in [0.5, 0.6) is 5.75 Å². The number of aromatic nitrogens is 1. The summed E-state index contributed by atoms with van der Waals surface area (Å²) in [6.07, 6.45) is 10.0. The molecule has 29 heavy (non-hydrogen) atoms. The Labute approximate surface area is 172 Å². The van der Waals surface area contributed by atoms with Gasteiger partial charge in [-0.25, -0.2) is 0 Å². The Kier molecular flexibility index (Phi) is 5.92. The van der Waals surface area contributed by atoms with Gasteiger partial charge in [0, 0.05) is 35.8 Å². The second kappa shape index (κ2) is 8.93. The highest BCUT2D eigenvalue weighted by molar-refractivity contribution is 6.07. The summed E-state index contributed by atoms with van der Waals surface area (Å²) in [5.74, 6) is 0.899. The Bertz CT molecular complexity index is 999. The van der Waals surface area contributed by atoms with Gasteiger partial charge in [-0.2, -0.15) is 0 Å².